The molecule has 4 aromatic rings. The van der Waals surface area contributed by atoms with Crippen LogP contribution in [0.1, 0.15) is 110 Å². The summed E-state index contributed by atoms with van der Waals surface area (Å²) in [4.78, 5) is 39.1. The van der Waals surface area contributed by atoms with Gasteiger partial charge in [0.15, 0.2) is 11.5 Å². The minimum Gasteiger partial charge on any atom is -1.00 e. The fraction of sp³-hybridized carbons (Fsp3) is 0.634. The van der Waals surface area contributed by atoms with Gasteiger partial charge in [-0.25, -0.2) is 23.5 Å². The van der Waals surface area contributed by atoms with E-state index in [1.165, 1.54) is 25.5 Å². The maximum atomic E-state index is 12.4. The van der Waals surface area contributed by atoms with E-state index in [9.17, 15) is 53.9 Å². The topological polar surface area (TPSA) is 238 Å². The molecule has 0 bridgehead atoms. The number of nitrogens with one attached hydrogen (secondary N) is 2. The van der Waals surface area contributed by atoms with E-state index in [0.717, 1.165) is 38.6 Å². The van der Waals surface area contributed by atoms with Crippen molar-refractivity contribution in [2.75, 3.05) is 23.3 Å². The second-order valence-corrected chi connectivity index (χ2v) is 16.0. The molecular weight excluding hydrogens is 1080 g/mol. The Kier molecular flexibility index (Phi) is 29.3. The van der Waals surface area contributed by atoms with Gasteiger partial charge in [0.05, 0.1) is 37.9 Å². The highest BCUT2D eigenvalue weighted by Crippen LogP contribution is 2.26. The highest BCUT2D eigenvalue weighted by atomic mass is 79.9. The SMILES string of the molecule is CCCCCCn1ncc(N=Nc2n(CCCCC(=O)C(F)(F)F)cc[n+]2CCCCC(=O)C(F)(F)F)c1N.CCCCCCn1ncc(N=Nc2ncc[nH]2)c1N.O=C(NCCCBr)C(F)(F)F.[Br-]. The van der Waals surface area contributed by atoms with Crippen LogP contribution in [0.3, 0.4) is 0 Å². The average molecular weight is 1140 g/mol. The van der Waals surface area contributed by atoms with Crippen LogP contribution in [0, 0.1) is 0 Å². The number of halogens is 11. The number of nitrogens with zero attached hydrogens (tertiary/aromatic N) is 11. The van der Waals surface area contributed by atoms with Gasteiger partial charge in [0, 0.05) is 55.3 Å². The molecule has 0 unspecified atom stereocenters. The van der Waals surface area contributed by atoms with Crippen molar-refractivity contribution in [2.24, 2.45) is 20.5 Å². The predicted molar refractivity (Wildman–Crippen MR) is 240 cm³/mol. The number of rotatable bonds is 27. The standard InChI is InChI=1S/C24H33F6N7O2.C12H19N7.C5H7BrF3NO.BrH/c1-2-3-4-7-14-37-21(31)18(17-32-37)33-34-22-35(12-8-5-10-19(38)23(25,26)27)15-16-36(22)13-9-6-11-20(39)24(28,29)30;1-2-3-4-5-8-19-11(13)10(9-16-19)17-18-12-14-6-7-15-12;6-2-1-3-10-4(11)5(7,8)9;/h15-17,31H,2-14H2,1H3;6-7,9H,2-5,8,13H2,1H3,(H,14,15);1-3H2,(H,10,11);1H. The molecule has 0 atom stereocenters. The molecule has 0 radical (unpaired) electrons. The van der Waals surface area contributed by atoms with Crippen molar-refractivity contribution in [1.82, 2.24) is 39.4 Å². The van der Waals surface area contributed by atoms with E-state index in [-0.39, 0.29) is 68.2 Å². The molecule has 0 fully saturated rings. The van der Waals surface area contributed by atoms with Gasteiger partial charge in [-0.2, -0.15) is 49.7 Å². The monoisotopic (exact) mass is 1140 g/mol. The summed E-state index contributed by atoms with van der Waals surface area (Å²) < 4.78 is 116. The third-order valence-electron chi connectivity index (χ3n) is 9.68. The first-order valence-electron chi connectivity index (χ1n) is 22.3. The Morgan fingerprint density at radius 3 is 1.69 bits per heavy atom. The van der Waals surface area contributed by atoms with E-state index in [0.29, 0.717) is 47.3 Å². The van der Waals surface area contributed by atoms with E-state index >= 15 is 0 Å². The van der Waals surface area contributed by atoms with Gasteiger partial charge in [0.1, 0.15) is 11.5 Å². The van der Waals surface area contributed by atoms with E-state index in [1.54, 1.807) is 54.8 Å². The molecule has 0 aliphatic rings. The third kappa shape index (κ3) is 24.1. The van der Waals surface area contributed by atoms with Crippen molar-refractivity contribution >= 4 is 68.3 Å². The van der Waals surface area contributed by atoms with Gasteiger partial charge in [-0.05, 0) is 44.9 Å². The van der Waals surface area contributed by atoms with E-state index in [2.05, 4.69) is 70.4 Å². The first kappa shape index (κ1) is 62.8. The van der Waals surface area contributed by atoms with Crippen LogP contribution in [0.15, 0.2) is 57.6 Å². The van der Waals surface area contributed by atoms with Crippen molar-refractivity contribution in [3.8, 4) is 0 Å². The number of azo groups is 2. The van der Waals surface area contributed by atoms with Crippen LogP contribution in [0.5, 0.6) is 0 Å². The molecule has 70 heavy (non-hydrogen) atoms. The minimum atomic E-state index is -4.87. The molecule has 0 aromatic carbocycles. The van der Waals surface area contributed by atoms with Gasteiger partial charge in [-0.1, -0.05) is 73.4 Å². The average Bonchev–Trinajstić information content (AvgIpc) is 4.10. The number of carbonyl (C=O) groups is 3. The first-order valence-corrected chi connectivity index (χ1v) is 23.4. The van der Waals surface area contributed by atoms with Crippen molar-refractivity contribution < 1.29 is 75.4 Å². The van der Waals surface area contributed by atoms with Crippen molar-refractivity contribution in [3.05, 3.63) is 37.2 Å². The number of aromatic nitrogens is 8. The largest absolute Gasteiger partial charge is 1.00 e. The maximum Gasteiger partial charge on any atom is 0.471 e. The molecule has 1 amide bonds. The zero-order valence-electron chi connectivity index (χ0n) is 38.8. The summed E-state index contributed by atoms with van der Waals surface area (Å²) in [7, 11) is 0. The lowest BCUT2D eigenvalue weighted by atomic mass is 10.1. The lowest BCUT2D eigenvalue weighted by Gasteiger charge is -2.05. The fourth-order valence-corrected chi connectivity index (χ4v) is 6.16. The van der Waals surface area contributed by atoms with Gasteiger partial charge in [-0.15, -0.1) is 10.2 Å². The van der Waals surface area contributed by atoms with Crippen LogP contribution in [0.2, 0.25) is 0 Å². The second-order valence-electron chi connectivity index (χ2n) is 15.2. The van der Waals surface area contributed by atoms with Crippen LogP contribution in [0.25, 0.3) is 0 Å². The zero-order chi connectivity index (χ0) is 51.5. The molecule has 4 aromatic heterocycles. The number of ketones is 2. The third-order valence-corrected chi connectivity index (χ3v) is 10.2. The molecule has 4 heterocycles. The van der Waals surface area contributed by atoms with Crippen molar-refractivity contribution in [2.45, 2.75) is 155 Å². The van der Waals surface area contributed by atoms with Gasteiger partial charge in [0.2, 0.25) is 17.5 Å². The van der Waals surface area contributed by atoms with Gasteiger partial charge < -0.3 is 38.7 Å². The van der Waals surface area contributed by atoms with Crippen molar-refractivity contribution in [1.29, 1.82) is 0 Å². The number of aryl methyl sites for hydroxylation is 4. The van der Waals surface area contributed by atoms with Crippen LogP contribution < -0.4 is 38.3 Å². The Bertz CT molecular complexity index is 2120. The first-order chi connectivity index (χ1) is 32.6. The Balaban J connectivity index is 0.000000648. The Morgan fingerprint density at radius 1 is 0.700 bits per heavy atom. The molecule has 0 saturated heterocycles. The number of hydrogen-bond acceptors (Lipinski definition) is 12. The normalized spacial score (nSPS) is 11.8. The summed E-state index contributed by atoms with van der Waals surface area (Å²) in [6, 6.07) is 0. The fourth-order valence-electron chi connectivity index (χ4n) is 5.88. The number of anilines is 2. The highest BCUT2D eigenvalue weighted by molar-refractivity contribution is 9.09. The molecule has 0 aliphatic carbocycles. The number of unbranched alkanes of at least 4 members (excludes halogenated alkanes) is 8. The number of imidazole rings is 2. The number of hydrogen-bond donors (Lipinski definition) is 4. The number of H-pyrrole nitrogens is 1. The molecular formula is C41H60Br2F9N15O3. The molecule has 0 aliphatic heterocycles. The molecule has 0 spiro atoms. The summed E-state index contributed by atoms with van der Waals surface area (Å²) >= 11 is 3.02. The van der Waals surface area contributed by atoms with Crippen LogP contribution in [-0.4, -0.2) is 82.0 Å². The molecule has 29 heteroatoms. The molecule has 4 rings (SSSR count). The zero-order valence-corrected chi connectivity index (χ0v) is 41.9. The Labute approximate surface area is 417 Å². The number of nitrogens with two attached hydrogens (primary N) is 2. The van der Waals surface area contributed by atoms with E-state index in [1.807, 2.05) is 0 Å². The van der Waals surface area contributed by atoms with Gasteiger partial charge in [-0.3, -0.25) is 14.4 Å². The minimum absolute atomic E-state index is 0. The molecule has 394 valence electrons. The quantitative estimate of drug-likeness (QED) is 0.0151. The smallest absolute Gasteiger partial charge is 0.471 e. The number of Topliss-reactive ketones (excluding diaryl/α,β-unsaturated/α-hetero) is 2. The van der Waals surface area contributed by atoms with E-state index in [4.69, 9.17) is 11.5 Å². The number of amides is 1. The summed E-state index contributed by atoms with van der Waals surface area (Å²) in [6.07, 6.45) is 3.68. The predicted octanol–water partition coefficient (Wildman–Crippen LogP) is 7.79. The maximum absolute atomic E-state index is 12.4. The van der Waals surface area contributed by atoms with Crippen molar-refractivity contribution in [3.63, 3.8) is 0 Å². The highest BCUT2D eigenvalue weighted by Gasteiger charge is 2.39. The lowest BCUT2D eigenvalue weighted by molar-refractivity contribution is -0.684. The Hall–Kier alpha value is -5.22. The Morgan fingerprint density at radius 2 is 1.21 bits per heavy atom. The molecule has 18 nitrogen and oxygen atoms in total. The van der Waals surface area contributed by atoms with Gasteiger partial charge >= 0.3 is 30.4 Å². The number of carbonyl (C=O) groups excluding carboxylic acids is 3. The summed E-state index contributed by atoms with van der Waals surface area (Å²) in [6.45, 7) is 6.23. The van der Waals surface area contributed by atoms with Crippen LogP contribution >= 0.6 is 15.9 Å². The summed E-state index contributed by atoms with van der Waals surface area (Å²) in [5.74, 6) is -3.85. The second kappa shape index (κ2) is 32.6. The van der Waals surface area contributed by atoms with Crippen LogP contribution in [0.4, 0.5) is 74.4 Å². The number of alkyl halides is 10. The summed E-state index contributed by atoms with van der Waals surface area (Å²) in [5.41, 5.74) is 13.0. The lowest BCUT2D eigenvalue weighted by Crippen LogP contribution is -3.00. The summed E-state index contributed by atoms with van der Waals surface area (Å²) in [5, 5.41) is 27.2. The van der Waals surface area contributed by atoms with Crippen LogP contribution in [-0.2, 0) is 40.6 Å². The number of nitrogen functional groups attached to an aromatic ring is 2. The molecule has 0 saturated carbocycles. The van der Waals surface area contributed by atoms with Gasteiger partial charge in [0.25, 0.3) is 0 Å². The molecule has 6 N–H and O–H groups in total. The number of aromatic amines is 1. The van der Waals surface area contributed by atoms with E-state index < -0.39 is 48.8 Å².